The smallest absolute Gasteiger partial charge is 0.334 e. The quantitative estimate of drug-likeness (QED) is 0.397. The van der Waals surface area contributed by atoms with Gasteiger partial charge in [0.2, 0.25) is 5.09 Å². The minimum absolute atomic E-state index is 0.312. The fourth-order valence-electron chi connectivity index (χ4n) is 4.28. The summed E-state index contributed by atoms with van der Waals surface area (Å²) in [6.45, 7) is 7.41. The van der Waals surface area contributed by atoms with E-state index in [9.17, 15) is 18.3 Å². The van der Waals surface area contributed by atoms with Crippen LogP contribution in [-0.2, 0) is 15.6 Å². The van der Waals surface area contributed by atoms with Crippen molar-refractivity contribution in [3.8, 4) is 0 Å². The molecule has 0 saturated heterocycles. The van der Waals surface area contributed by atoms with Gasteiger partial charge in [-0.15, -0.1) is 4.83 Å². The monoisotopic (exact) mass is 475 g/mol. The van der Waals surface area contributed by atoms with E-state index in [0.717, 1.165) is 16.8 Å². The molecule has 8 nitrogen and oxygen atoms in total. The third-order valence-electron chi connectivity index (χ3n) is 6.85. The molecule has 2 atom stereocenters. The second-order valence-corrected chi connectivity index (χ2v) is 11.6. The molecular formula is C24H33N3O5S. The fraction of sp³-hybridized carbons (Fsp3) is 0.542. The van der Waals surface area contributed by atoms with Crippen molar-refractivity contribution in [1.29, 1.82) is 0 Å². The molecule has 4 rings (SSSR count). The van der Waals surface area contributed by atoms with Crippen LogP contribution in [0, 0.1) is 11.8 Å². The van der Waals surface area contributed by atoms with Gasteiger partial charge in [-0.25, -0.2) is 13.2 Å². The largest absolute Gasteiger partial charge is 0.451 e. The first kappa shape index (κ1) is 23.8. The summed E-state index contributed by atoms with van der Waals surface area (Å²) in [5, 5.41) is 12.5. The molecule has 2 aromatic rings. The van der Waals surface area contributed by atoms with E-state index in [2.05, 4.69) is 29.4 Å². The number of hydrogen-bond donors (Lipinski definition) is 4. The van der Waals surface area contributed by atoms with Gasteiger partial charge in [0.05, 0.1) is 11.9 Å². The Morgan fingerprint density at radius 1 is 1.09 bits per heavy atom. The van der Waals surface area contributed by atoms with Crippen LogP contribution < -0.4 is 15.6 Å². The first-order valence-electron chi connectivity index (χ1n) is 11.5. The molecule has 2 aliphatic carbocycles. The molecule has 1 aromatic carbocycles. The molecule has 1 heterocycles. The molecule has 2 saturated carbocycles. The molecule has 9 heteroatoms. The number of sulfonamides is 1. The molecule has 0 unspecified atom stereocenters. The highest BCUT2D eigenvalue weighted by atomic mass is 32.2. The Labute approximate surface area is 195 Å². The number of benzene rings is 1. The Kier molecular flexibility index (Phi) is 6.32. The second kappa shape index (κ2) is 8.77. The number of aliphatic hydroxyl groups is 1. The number of furan rings is 1. The Bertz CT molecular complexity index is 1090. The van der Waals surface area contributed by atoms with E-state index in [1.54, 1.807) is 0 Å². The second-order valence-electron chi connectivity index (χ2n) is 9.96. The van der Waals surface area contributed by atoms with Crippen molar-refractivity contribution in [3.63, 3.8) is 0 Å². The zero-order valence-corrected chi connectivity index (χ0v) is 20.3. The summed E-state index contributed by atoms with van der Waals surface area (Å²) in [5.41, 5.74) is 4.23. The van der Waals surface area contributed by atoms with Gasteiger partial charge in [-0.3, -0.25) is 5.43 Å². The lowest BCUT2D eigenvalue weighted by molar-refractivity contribution is 0.0779. The highest BCUT2D eigenvalue weighted by molar-refractivity contribution is 7.89. The highest BCUT2D eigenvalue weighted by Gasteiger charge is 2.34. The summed E-state index contributed by atoms with van der Waals surface area (Å²) in [7, 11) is -4.15. The molecule has 180 valence electrons. The number of anilines is 1. The fourth-order valence-corrected chi connectivity index (χ4v) is 5.06. The summed E-state index contributed by atoms with van der Waals surface area (Å²) in [6.07, 6.45) is 5.92. The molecule has 4 N–H and O–H groups in total. The Hall–Kier alpha value is -2.36. The molecule has 0 aliphatic heterocycles. The minimum atomic E-state index is -4.15. The van der Waals surface area contributed by atoms with Gasteiger partial charge in [-0.05, 0) is 74.3 Å². The van der Waals surface area contributed by atoms with Crippen LogP contribution in [-0.4, -0.2) is 19.6 Å². The summed E-state index contributed by atoms with van der Waals surface area (Å²) in [5.74, 6) is 1.85. The SMILES string of the molecule is C[C@@H](c1cccc([C@H](C)C2CC2)c1NC(=O)NNS(=O)(=O)c1cc(C(C)(C)O)co1)C1CC1. The zero-order chi connectivity index (χ0) is 24.0. The van der Waals surface area contributed by atoms with E-state index in [1.165, 1.54) is 51.9 Å². The predicted octanol–water partition coefficient (Wildman–Crippen LogP) is 4.55. The third-order valence-corrected chi connectivity index (χ3v) is 7.97. The summed E-state index contributed by atoms with van der Waals surface area (Å²) in [6, 6.07) is 6.70. The summed E-state index contributed by atoms with van der Waals surface area (Å²) < 4.78 is 30.2. The van der Waals surface area contributed by atoms with Crippen molar-refractivity contribution in [2.45, 2.75) is 75.9 Å². The van der Waals surface area contributed by atoms with Gasteiger partial charge in [0.15, 0.2) is 0 Å². The molecule has 2 aliphatic rings. The van der Waals surface area contributed by atoms with Gasteiger partial charge in [0.1, 0.15) is 0 Å². The maximum atomic E-state index is 12.8. The standard InChI is InChI=1S/C24H33N3O5S/c1-14(16-8-9-16)19-6-5-7-20(15(2)17-10-11-17)22(19)25-23(28)26-27-33(30,31)21-12-18(13-32-21)24(3,4)29/h5-7,12-17,27,29H,8-11H2,1-4H3,(H2,25,26,28)/t14-,15-/m1/s1. The van der Waals surface area contributed by atoms with Crippen molar-refractivity contribution < 1.29 is 22.7 Å². The normalized spacial score (nSPS) is 18.6. The number of amides is 2. The van der Waals surface area contributed by atoms with Gasteiger partial charge in [-0.2, -0.15) is 0 Å². The molecule has 33 heavy (non-hydrogen) atoms. The van der Waals surface area contributed by atoms with Gasteiger partial charge >= 0.3 is 6.03 Å². The average Bonchev–Trinajstić information content (AvgIpc) is 3.68. The van der Waals surface area contributed by atoms with Crippen molar-refractivity contribution in [1.82, 2.24) is 10.3 Å². The van der Waals surface area contributed by atoms with Gasteiger partial charge in [-0.1, -0.05) is 32.0 Å². The van der Waals surface area contributed by atoms with E-state index in [-0.39, 0.29) is 0 Å². The number of hydrazine groups is 1. The van der Waals surface area contributed by atoms with Crippen LogP contribution in [0.25, 0.3) is 0 Å². The average molecular weight is 476 g/mol. The van der Waals surface area contributed by atoms with Crippen LogP contribution in [0.15, 0.2) is 40.0 Å². The van der Waals surface area contributed by atoms with Crippen molar-refractivity contribution >= 4 is 21.7 Å². The van der Waals surface area contributed by atoms with Crippen LogP contribution in [0.1, 0.15) is 81.9 Å². The maximum absolute atomic E-state index is 12.8. The lowest BCUT2D eigenvalue weighted by Crippen LogP contribution is -2.44. The number of carbonyl (C=O) groups excluding carboxylic acids is 1. The van der Waals surface area contributed by atoms with E-state index in [4.69, 9.17) is 4.42 Å². The van der Waals surface area contributed by atoms with Gasteiger partial charge in [0, 0.05) is 17.3 Å². The van der Waals surface area contributed by atoms with Gasteiger partial charge < -0.3 is 14.8 Å². The molecule has 1 aromatic heterocycles. The minimum Gasteiger partial charge on any atom is -0.451 e. The third kappa shape index (κ3) is 5.42. The Morgan fingerprint density at radius 3 is 2.09 bits per heavy atom. The van der Waals surface area contributed by atoms with Crippen molar-refractivity contribution in [2.75, 3.05) is 5.32 Å². The Balaban J connectivity index is 1.50. The van der Waals surface area contributed by atoms with Crippen molar-refractivity contribution in [3.05, 3.63) is 47.2 Å². The number of nitrogens with one attached hydrogen (secondary N) is 3. The maximum Gasteiger partial charge on any atom is 0.334 e. The van der Waals surface area contributed by atoms with Gasteiger partial charge in [0.25, 0.3) is 10.0 Å². The molecule has 0 radical (unpaired) electrons. The lowest BCUT2D eigenvalue weighted by atomic mass is 9.87. The first-order valence-corrected chi connectivity index (χ1v) is 13.0. The number of rotatable bonds is 9. The topological polar surface area (TPSA) is 121 Å². The number of para-hydroxylation sites is 1. The van der Waals surface area contributed by atoms with E-state index in [1.807, 2.05) is 18.2 Å². The van der Waals surface area contributed by atoms with Crippen LogP contribution in [0.3, 0.4) is 0 Å². The van der Waals surface area contributed by atoms with Crippen LogP contribution in [0.2, 0.25) is 0 Å². The lowest BCUT2D eigenvalue weighted by Gasteiger charge is -2.23. The molecule has 2 amide bonds. The first-order chi connectivity index (χ1) is 15.5. The van der Waals surface area contributed by atoms with E-state index >= 15 is 0 Å². The Morgan fingerprint density at radius 2 is 1.64 bits per heavy atom. The molecular weight excluding hydrogens is 442 g/mol. The molecule has 2 fully saturated rings. The zero-order valence-electron chi connectivity index (χ0n) is 19.5. The van der Waals surface area contributed by atoms with Crippen molar-refractivity contribution in [2.24, 2.45) is 11.8 Å². The number of carbonyl (C=O) groups is 1. The number of urea groups is 1. The van der Waals surface area contributed by atoms with Crippen LogP contribution in [0.4, 0.5) is 10.5 Å². The molecule has 0 spiro atoms. The van der Waals surface area contributed by atoms with Crippen LogP contribution >= 0.6 is 0 Å². The summed E-state index contributed by atoms with van der Waals surface area (Å²) >= 11 is 0. The van der Waals surface area contributed by atoms with Crippen LogP contribution in [0.5, 0.6) is 0 Å². The van der Waals surface area contributed by atoms with E-state index < -0.39 is 26.7 Å². The highest BCUT2D eigenvalue weighted by Crippen LogP contribution is 2.49. The number of hydrogen-bond acceptors (Lipinski definition) is 5. The molecule has 0 bridgehead atoms. The van der Waals surface area contributed by atoms with E-state index in [0.29, 0.717) is 29.2 Å². The summed E-state index contributed by atoms with van der Waals surface area (Å²) in [4.78, 5) is 14.8. The predicted molar refractivity (Wildman–Crippen MR) is 125 cm³/mol.